The van der Waals surface area contributed by atoms with E-state index in [1.54, 1.807) is 10.9 Å². The molecule has 0 amide bonds. The van der Waals surface area contributed by atoms with Crippen molar-refractivity contribution in [3.63, 3.8) is 0 Å². The molecule has 2 atom stereocenters. The molecule has 2 unspecified atom stereocenters. The first-order valence-corrected chi connectivity index (χ1v) is 18.6. The van der Waals surface area contributed by atoms with E-state index < -0.39 is 0 Å². The molecule has 3 aromatic carbocycles. The van der Waals surface area contributed by atoms with Gasteiger partial charge >= 0.3 is 0 Å². The van der Waals surface area contributed by atoms with Crippen molar-refractivity contribution in [3.8, 4) is 40.2 Å². The standard InChI is InChI=1S/C42H55N5O2/c1-7-11-15-30(9-3)19-21-32-23-25-35(38(48)28(32)5)40-44-41(46-42(45-40)47-37-18-14-13-17-34(37)27-43-47)36-26-24-33(29(6)39(36)49)22-20-31(10-4)16-12-8-2/h13-14,17-18,23-27,30-31,48-49H,7-12,15-16,19-22H2,1-6H3. The lowest BCUT2D eigenvalue weighted by atomic mass is 9.90. The van der Waals surface area contributed by atoms with Gasteiger partial charge in [0.1, 0.15) is 11.5 Å². The van der Waals surface area contributed by atoms with E-state index in [0.29, 0.717) is 40.6 Å². The second-order valence-corrected chi connectivity index (χ2v) is 13.8. The molecule has 0 saturated carbocycles. The number of fused-ring (bicyclic) bond motifs is 1. The monoisotopic (exact) mass is 661 g/mol. The summed E-state index contributed by atoms with van der Waals surface area (Å²) in [5.74, 6) is 2.74. The molecule has 2 N–H and O–H groups in total. The van der Waals surface area contributed by atoms with Crippen LogP contribution in [-0.2, 0) is 12.8 Å². The summed E-state index contributed by atoms with van der Waals surface area (Å²) in [6.07, 6.45) is 15.6. The molecule has 0 spiro atoms. The molecule has 7 heteroatoms. The number of unbranched alkanes of at least 4 members (excludes halogenated alkanes) is 2. The van der Waals surface area contributed by atoms with Crippen molar-refractivity contribution >= 4 is 10.9 Å². The van der Waals surface area contributed by atoms with Crippen molar-refractivity contribution < 1.29 is 10.2 Å². The van der Waals surface area contributed by atoms with Crippen LogP contribution in [-0.4, -0.2) is 34.9 Å². The number of aromatic hydroxyl groups is 2. The fraction of sp³-hybridized carbons (Fsp3) is 0.476. The fourth-order valence-electron chi connectivity index (χ4n) is 7.03. The molecule has 5 rings (SSSR count). The molecule has 0 aliphatic carbocycles. The highest BCUT2D eigenvalue weighted by atomic mass is 16.3. The first-order chi connectivity index (χ1) is 23.8. The van der Waals surface area contributed by atoms with Gasteiger partial charge in [0.05, 0.1) is 22.8 Å². The fourth-order valence-corrected chi connectivity index (χ4v) is 7.03. The second-order valence-electron chi connectivity index (χ2n) is 13.8. The molecular weight excluding hydrogens is 606 g/mol. The van der Waals surface area contributed by atoms with Gasteiger partial charge in [-0.15, -0.1) is 0 Å². The van der Waals surface area contributed by atoms with E-state index in [9.17, 15) is 10.2 Å². The third-order valence-corrected chi connectivity index (χ3v) is 10.6. The molecule has 5 aromatic rings. The minimum absolute atomic E-state index is 0.178. The quantitative estimate of drug-likeness (QED) is 0.103. The molecule has 0 bridgehead atoms. The van der Waals surface area contributed by atoms with E-state index in [1.165, 1.54) is 51.4 Å². The number of aromatic nitrogens is 5. The lowest BCUT2D eigenvalue weighted by Gasteiger charge is -2.17. The van der Waals surface area contributed by atoms with Crippen LogP contribution in [0.5, 0.6) is 11.5 Å². The summed E-state index contributed by atoms with van der Waals surface area (Å²) in [5.41, 5.74) is 5.92. The Morgan fingerprint density at radius 1 is 0.633 bits per heavy atom. The normalized spacial score (nSPS) is 12.9. The number of nitrogens with zero attached hydrogens (tertiary/aromatic N) is 5. The number of phenolic OH excluding ortho intramolecular Hbond substituents is 2. The van der Waals surface area contributed by atoms with Gasteiger partial charge in [-0.25, -0.2) is 4.98 Å². The Bertz CT molecular complexity index is 1750. The lowest BCUT2D eigenvalue weighted by Crippen LogP contribution is -2.08. The molecule has 2 heterocycles. The van der Waals surface area contributed by atoms with Gasteiger partial charge in [0.25, 0.3) is 5.95 Å². The largest absolute Gasteiger partial charge is 0.507 e. The summed E-state index contributed by atoms with van der Waals surface area (Å²) >= 11 is 0. The molecule has 7 nitrogen and oxygen atoms in total. The summed E-state index contributed by atoms with van der Waals surface area (Å²) in [6.45, 7) is 13.0. The van der Waals surface area contributed by atoms with Crippen molar-refractivity contribution in [2.75, 3.05) is 0 Å². The molecule has 0 aliphatic heterocycles. The molecule has 0 fully saturated rings. The zero-order valence-electron chi connectivity index (χ0n) is 30.5. The first-order valence-electron chi connectivity index (χ1n) is 18.6. The van der Waals surface area contributed by atoms with E-state index in [2.05, 4.69) is 44.9 Å². The van der Waals surface area contributed by atoms with Crippen molar-refractivity contribution in [2.45, 2.75) is 119 Å². The predicted molar refractivity (Wildman–Crippen MR) is 201 cm³/mol. The van der Waals surface area contributed by atoms with Gasteiger partial charge in [0.2, 0.25) is 0 Å². The zero-order valence-corrected chi connectivity index (χ0v) is 30.5. The number of benzene rings is 3. The maximum Gasteiger partial charge on any atom is 0.255 e. The van der Waals surface area contributed by atoms with E-state index in [4.69, 9.17) is 15.0 Å². The average Bonchev–Trinajstić information content (AvgIpc) is 3.56. The van der Waals surface area contributed by atoms with Crippen LogP contribution in [0.25, 0.3) is 39.6 Å². The van der Waals surface area contributed by atoms with Crippen molar-refractivity contribution in [1.82, 2.24) is 24.7 Å². The third-order valence-electron chi connectivity index (χ3n) is 10.6. The van der Waals surface area contributed by atoms with E-state index in [0.717, 1.165) is 58.8 Å². The van der Waals surface area contributed by atoms with Crippen LogP contribution in [0.2, 0.25) is 0 Å². The van der Waals surface area contributed by atoms with Crippen LogP contribution in [0.3, 0.4) is 0 Å². The Morgan fingerprint density at radius 3 is 1.63 bits per heavy atom. The van der Waals surface area contributed by atoms with Crippen LogP contribution in [0.15, 0.2) is 54.7 Å². The second kappa shape index (κ2) is 16.9. The van der Waals surface area contributed by atoms with Crippen molar-refractivity contribution in [2.24, 2.45) is 11.8 Å². The minimum atomic E-state index is 0.178. The maximum absolute atomic E-state index is 11.6. The Balaban J connectivity index is 1.54. The molecule has 0 aliphatic rings. The van der Waals surface area contributed by atoms with Gasteiger partial charge in [0.15, 0.2) is 11.6 Å². The maximum atomic E-state index is 11.6. The molecular formula is C42H55N5O2. The SMILES string of the molecule is CCCCC(CC)CCc1ccc(-c2nc(-c3ccc(CCC(CC)CCCC)c(C)c3O)nc(-n3ncc4ccccc43)n2)c(O)c1C. The first kappa shape index (κ1) is 36.0. The van der Waals surface area contributed by atoms with Gasteiger partial charge in [-0.1, -0.05) is 109 Å². The summed E-state index contributed by atoms with van der Waals surface area (Å²) in [7, 11) is 0. The van der Waals surface area contributed by atoms with Crippen LogP contribution in [0, 0.1) is 25.7 Å². The highest BCUT2D eigenvalue weighted by molar-refractivity contribution is 5.80. The lowest BCUT2D eigenvalue weighted by molar-refractivity contribution is 0.420. The van der Waals surface area contributed by atoms with E-state index >= 15 is 0 Å². The number of hydrogen-bond acceptors (Lipinski definition) is 6. The molecule has 49 heavy (non-hydrogen) atoms. The highest BCUT2D eigenvalue weighted by Gasteiger charge is 2.21. The summed E-state index contributed by atoms with van der Waals surface area (Å²) < 4.78 is 1.70. The van der Waals surface area contributed by atoms with Gasteiger partial charge in [-0.2, -0.15) is 19.7 Å². The van der Waals surface area contributed by atoms with Crippen LogP contribution in [0.4, 0.5) is 0 Å². The molecule has 260 valence electrons. The Kier molecular flexibility index (Phi) is 12.4. The number of para-hydroxylation sites is 1. The molecule has 0 saturated heterocycles. The van der Waals surface area contributed by atoms with Gasteiger partial charge < -0.3 is 10.2 Å². The number of rotatable bonds is 17. The topological polar surface area (TPSA) is 97.0 Å². The van der Waals surface area contributed by atoms with Gasteiger partial charge in [-0.05, 0) is 91.8 Å². The van der Waals surface area contributed by atoms with Gasteiger partial charge in [0, 0.05) is 5.39 Å². The summed E-state index contributed by atoms with van der Waals surface area (Å²) in [6, 6.07) is 16.0. The molecule has 0 radical (unpaired) electrons. The average molecular weight is 662 g/mol. The van der Waals surface area contributed by atoms with E-state index in [1.807, 2.05) is 50.2 Å². The molecule has 2 aromatic heterocycles. The number of aryl methyl sites for hydroxylation is 2. The van der Waals surface area contributed by atoms with Crippen LogP contribution >= 0.6 is 0 Å². The highest BCUT2D eigenvalue weighted by Crippen LogP contribution is 2.37. The van der Waals surface area contributed by atoms with Gasteiger partial charge in [-0.3, -0.25) is 0 Å². The Morgan fingerprint density at radius 2 is 1.14 bits per heavy atom. The summed E-state index contributed by atoms with van der Waals surface area (Å²) in [5, 5.41) is 28.8. The van der Waals surface area contributed by atoms with Crippen molar-refractivity contribution in [1.29, 1.82) is 0 Å². The third kappa shape index (κ3) is 8.31. The Hall–Kier alpha value is -4.26. The smallest absolute Gasteiger partial charge is 0.255 e. The zero-order chi connectivity index (χ0) is 34.9. The van der Waals surface area contributed by atoms with Crippen LogP contribution < -0.4 is 0 Å². The van der Waals surface area contributed by atoms with Crippen molar-refractivity contribution in [3.05, 3.63) is 77.0 Å². The Labute approximate surface area is 292 Å². The number of phenols is 2. The van der Waals surface area contributed by atoms with E-state index in [-0.39, 0.29) is 11.5 Å². The summed E-state index contributed by atoms with van der Waals surface area (Å²) in [4.78, 5) is 14.6. The van der Waals surface area contributed by atoms with Crippen LogP contribution in [0.1, 0.15) is 114 Å². The number of hydrogen-bond donors (Lipinski definition) is 2. The predicted octanol–water partition coefficient (Wildman–Crippen LogP) is 10.9. The minimum Gasteiger partial charge on any atom is -0.507 e.